The van der Waals surface area contributed by atoms with Gasteiger partial charge in [0.25, 0.3) is 0 Å². The van der Waals surface area contributed by atoms with E-state index in [1.54, 1.807) is 41.5 Å². The Bertz CT molecular complexity index is 915. The zero-order valence-electron chi connectivity index (χ0n) is 13.8. The lowest BCUT2D eigenvalue weighted by molar-refractivity contribution is -0.113. The van der Waals surface area contributed by atoms with Crippen molar-refractivity contribution in [1.82, 2.24) is 14.8 Å². The van der Waals surface area contributed by atoms with E-state index in [2.05, 4.69) is 15.4 Å². The molecule has 132 valence electrons. The molecule has 3 aromatic rings. The SMILES string of the molecule is O=C(CSc1ccc2c(c1)OCCO2)Nc1cccnc1-n1cccn1. The summed E-state index contributed by atoms with van der Waals surface area (Å²) in [6, 6.07) is 11.1. The average Bonchev–Trinajstić information content (AvgIpc) is 3.21. The number of anilines is 1. The van der Waals surface area contributed by atoms with E-state index >= 15 is 0 Å². The van der Waals surface area contributed by atoms with E-state index in [-0.39, 0.29) is 11.7 Å². The first-order valence-electron chi connectivity index (χ1n) is 8.07. The minimum atomic E-state index is -0.119. The van der Waals surface area contributed by atoms with Crippen molar-refractivity contribution in [3.63, 3.8) is 0 Å². The highest BCUT2D eigenvalue weighted by Crippen LogP contribution is 2.34. The van der Waals surface area contributed by atoms with Crippen molar-refractivity contribution in [1.29, 1.82) is 0 Å². The minimum Gasteiger partial charge on any atom is -0.486 e. The van der Waals surface area contributed by atoms with Crippen molar-refractivity contribution < 1.29 is 14.3 Å². The minimum absolute atomic E-state index is 0.119. The Morgan fingerprint density at radius 3 is 2.88 bits per heavy atom. The fourth-order valence-corrected chi connectivity index (χ4v) is 3.24. The molecule has 0 saturated carbocycles. The quantitative estimate of drug-likeness (QED) is 0.698. The lowest BCUT2D eigenvalue weighted by Crippen LogP contribution is -2.17. The molecule has 26 heavy (non-hydrogen) atoms. The maximum absolute atomic E-state index is 12.4. The van der Waals surface area contributed by atoms with Crippen molar-refractivity contribution in [3.8, 4) is 17.3 Å². The number of thioether (sulfide) groups is 1. The molecule has 3 heterocycles. The van der Waals surface area contributed by atoms with Crippen LogP contribution >= 0.6 is 11.8 Å². The number of carbonyl (C=O) groups excluding carboxylic acids is 1. The predicted molar refractivity (Wildman–Crippen MR) is 98.1 cm³/mol. The number of nitrogens with zero attached hydrogens (tertiary/aromatic N) is 3. The second-order valence-electron chi connectivity index (χ2n) is 5.47. The second kappa shape index (κ2) is 7.49. The Morgan fingerprint density at radius 2 is 2.04 bits per heavy atom. The standard InChI is InChI=1S/C18H16N4O3S/c23-17(12-26-13-4-5-15-16(11-13)25-10-9-24-15)21-14-3-1-6-19-18(14)22-8-2-7-20-22/h1-8,11H,9-10,12H2,(H,21,23). The number of nitrogens with one attached hydrogen (secondary N) is 1. The van der Waals surface area contributed by atoms with Crippen LogP contribution in [0, 0.1) is 0 Å². The summed E-state index contributed by atoms with van der Waals surface area (Å²) >= 11 is 1.43. The van der Waals surface area contributed by atoms with Gasteiger partial charge in [-0.2, -0.15) is 5.10 Å². The third-order valence-electron chi connectivity index (χ3n) is 3.67. The van der Waals surface area contributed by atoms with Gasteiger partial charge in [-0.25, -0.2) is 9.67 Å². The highest BCUT2D eigenvalue weighted by Gasteiger charge is 2.13. The maximum Gasteiger partial charge on any atom is 0.234 e. The van der Waals surface area contributed by atoms with Gasteiger partial charge in [0.15, 0.2) is 17.3 Å². The number of fused-ring (bicyclic) bond motifs is 1. The van der Waals surface area contributed by atoms with Gasteiger partial charge in [-0.15, -0.1) is 11.8 Å². The number of benzene rings is 1. The lowest BCUT2D eigenvalue weighted by atomic mass is 10.3. The molecule has 0 radical (unpaired) electrons. The van der Waals surface area contributed by atoms with E-state index in [1.807, 2.05) is 18.2 Å². The molecule has 0 saturated heterocycles. The summed E-state index contributed by atoms with van der Waals surface area (Å²) in [4.78, 5) is 17.6. The molecule has 0 aliphatic carbocycles. The Kier molecular flexibility index (Phi) is 4.74. The lowest BCUT2D eigenvalue weighted by Gasteiger charge is -2.18. The normalized spacial score (nSPS) is 12.6. The third-order valence-corrected chi connectivity index (χ3v) is 4.66. The van der Waals surface area contributed by atoms with E-state index < -0.39 is 0 Å². The van der Waals surface area contributed by atoms with Crippen molar-refractivity contribution >= 4 is 23.4 Å². The molecule has 0 fully saturated rings. The number of aromatic nitrogens is 3. The summed E-state index contributed by atoms with van der Waals surface area (Å²) in [6.45, 7) is 1.10. The van der Waals surface area contributed by atoms with Gasteiger partial charge >= 0.3 is 0 Å². The van der Waals surface area contributed by atoms with Crippen LogP contribution in [-0.2, 0) is 4.79 Å². The average molecular weight is 368 g/mol. The molecule has 1 amide bonds. The van der Waals surface area contributed by atoms with Crippen LogP contribution in [0.2, 0.25) is 0 Å². The number of amides is 1. The highest BCUT2D eigenvalue weighted by atomic mass is 32.2. The second-order valence-corrected chi connectivity index (χ2v) is 6.52. The maximum atomic E-state index is 12.4. The highest BCUT2D eigenvalue weighted by molar-refractivity contribution is 8.00. The molecule has 7 nitrogen and oxygen atoms in total. The molecule has 0 bridgehead atoms. The van der Waals surface area contributed by atoms with Crippen LogP contribution in [0.3, 0.4) is 0 Å². The fourth-order valence-electron chi connectivity index (χ4n) is 2.52. The van der Waals surface area contributed by atoms with E-state index in [0.717, 1.165) is 16.4 Å². The molecule has 0 atom stereocenters. The van der Waals surface area contributed by atoms with Crippen LogP contribution in [0.4, 0.5) is 5.69 Å². The smallest absolute Gasteiger partial charge is 0.234 e. The molecule has 4 rings (SSSR count). The number of carbonyl (C=O) groups is 1. The number of ether oxygens (including phenoxy) is 2. The molecule has 1 aliphatic heterocycles. The topological polar surface area (TPSA) is 78.3 Å². The van der Waals surface area contributed by atoms with Gasteiger partial charge in [0, 0.05) is 23.5 Å². The summed E-state index contributed by atoms with van der Waals surface area (Å²) < 4.78 is 12.7. The predicted octanol–water partition coefficient (Wildman–Crippen LogP) is 2.77. The monoisotopic (exact) mass is 368 g/mol. The summed E-state index contributed by atoms with van der Waals surface area (Å²) in [5, 5.41) is 7.05. The summed E-state index contributed by atoms with van der Waals surface area (Å²) in [7, 11) is 0. The third kappa shape index (κ3) is 3.65. The summed E-state index contributed by atoms with van der Waals surface area (Å²) in [6.07, 6.45) is 5.11. The number of hydrogen-bond donors (Lipinski definition) is 1. The van der Waals surface area contributed by atoms with Crippen molar-refractivity contribution in [2.75, 3.05) is 24.3 Å². The van der Waals surface area contributed by atoms with Gasteiger partial charge in [0.05, 0.1) is 11.4 Å². The molecule has 8 heteroatoms. The van der Waals surface area contributed by atoms with E-state index in [1.165, 1.54) is 11.8 Å². The van der Waals surface area contributed by atoms with Crippen molar-refractivity contribution in [3.05, 3.63) is 55.0 Å². The van der Waals surface area contributed by atoms with E-state index in [0.29, 0.717) is 24.7 Å². The Labute approximate surface area is 154 Å². The van der Waals surface area contributed by atoms with Crippen LogP contribution in [-0.4, -0.2) is 39.6 Å². The van der Waals surface area contributed by atoms with Crippen LogP contribution in [0.1, 0.15) is 0 Å². The van der Waals surface area contributed by atoms with E-state index in [9.17, 15) is 4.79 Å². The van der Waals surface area contributed by atoms with Crippen LogP contribution in [0.25, 0.3) is 5.82 Å². The zero-order valence-corrected chi connectivity index (χ0v) is 14.6. The van der Waals surface area contributed by atoms with E-state index in [4.69, 9.17) is 9.47 Å². The van der Waals surface area contributed by atoms with Crippen LogP contribution < -0.4 is 14.8 Å². The van der Waals surface area contributed by atoms with Gasteiger partial charge in [0.1, 0.15) is 13.2 Å². The zero-order chi connectivity index (χ0) is 17.8. The van der Waals surface area contributed by atoms with Crippen molar-refractivity contribution in [2.45, 2.75) is 4.90 Å². The number of rotatable bonds is 5. The van der Waals surface area contributed by atoms with Crippen molar-refractivity contribution in [2.24, 2.45) is 0 Å². The molecular formula is C18H16N4O3S. The molecule has 2 aromatic heterocycles. The van der Waals surface area contributed by atoms with Crippen LogP contribution in [0.15, 0.2) is 59.9 Å². The Morgan fingerprint density at radius 1 is 1.15 bits per heavy atom. The number of pyridine rings is 1. The van der Waals surface area contributed by atoms with Gasteiger partial charge in [-0.05, 0) is 36.4 Å². The molecule has 0 unspecified atom stereocenters. The summed E-state index contributed by atoms with van der Waals surface area (Å²) in [5.74, 6) is 2.19. The van der Waals surface area contributed by atoms with Gasteiger partial charge in [0.2, 0.25) is 5.91 Å². The first-order chi connectivity index (χ1) is 12.8. The van der Waals surface area contributed by atoms with Gasteiger partial charge in [-0.1, -0.05) is 0 Å². The molecule has 1 N–H and O–H groups in total. The summed E-state index contributed by atoms with van der Waals surface area (Å²) in [5.41, 5.74) is 0.615. The Hall–Kier alpha value is -3.00. The van der Waals surface area contributed by atoms with Gasteiger partial charge < -0.3 is 14.8 Å². The first-order valence-corrected chi connectivity index (χ1v) is 9.05. The number of hydrogen-bond acceptors (Lipinski definition) is 6. The van der Waals surface area contributed by atoms with Crippen LogP contribution in [0.5, 0.6) is 11.5 Å². The largest absolute Gasteiger partial charge is 0.486 e. The molecule has 0 spiro atoms. The molecular weight excluding hydrogens is 352 g/mol. The Balaban J connectivity index is 1.41. The first kappa shape index (κ1) is 16.5. The molecule has 1 aromatic carbocycles. The van der Waals surface area contributed by atoms with Gasteiger partial charge in [-0.3, -0.25) is 4.79 Å². The fraction of sp³-hybridized carbons (Fsp3) is 0.167. The molecule has 1 aliphatic rings.